The minimum atomic E-state index is -4.20. The number of hydrogen-bond acceptors (Lipinski definition) is 5. The topological polar surface area (TPSA) is 115 Å². The Bertz CT molecular complexity index is 974. The molecular formula is C17H15N3O4S. The van der Waals surface area contributed by atoms with Gasteiger partial charge in [-0.15, -0.1) is 0 Å². The molecule has 1 atom stereocenters. The number of nitrogens with zero attached hydrogens (tertiary/aromatic N) is 3. The van der Waals surface area contributed by atoms with Crippen LogP contribution in [0, 0.1) is 12.3 Å². The zero-order chi connectivity index (χ0) is 18.6. The maximum Gasteiger partial charge on any atom is 0.372 e. The summed E-state index contributed by atoms with van der Waals surface area (Å²) in [6, 6.07) is 10.5. The molecule has 0 bridgehead atoms. The van der Waals surface area contributed by atoms with Gasteiger partial charge in [0.1, 0.15) is 4.98 Å². The number of carbonyl (C=O) groups excluding carboxylic acids is 1. The van der Waals surface area contributed by atoms with E-state index in [1.54, 1.807) is 19.1 Å². The monoisotopic (exact) mass is 357 g/mol. The van der Waals surface area contributed by atoms with Gasteiger partial charge in [-0.1, -0.05) is 42.0 Å². The maximum atomic E-state index is 12.3. The second-order valence-electron chi connectivity index (χ2n) is 5.39. The summed E-state index contributed by atoms with van der Waals surface area (Å²) in [5.41, 5.74) is 0.641. The van der Waals surface area contributed by atoms with Crippen LogP contribution in [-0.4, -0.2) is 26.1 Å². The van der Waals surface area contributed by atoms with E-state index < -0.39 is 27.7 Å². The summed E-state index contributed by atoms with van der Waals surface area (Å²) < 4.78 is 27.8. The second kappa shape index (κ2) is 7.23. The molecule has 0 radical (unpaired) electrons. The SMILES string of the molecule is Cc1ccc(S(=O)(=O)/N=C(\[O-])c2ccccc2C(=O)C(C)[N+]#N)cc1. The van der Waals surface area contributed by atoms with Gasteiger partial charge in [-0.05, 0) is 24.6 Å². The Morgan fingerprint density at radius 3 is 2.24 bits per heavy atom. The van der Waals surface area contributed by atoms with Crippen molar-refractivity contribution in [1.29, 1.82) is 5.39 Å². The van der Waals surface area contributed by atoms with Crippen LogP contribution in [0.2, 0.25) is 0 Å². The van der Waals surface area contributed by atoms with E-state index in [4.69, 9.17) is 5.39 Å². The van der Waals surface area contributed by atoms with Crippen LogP contribution in [0.5, 0.6) is 0 Å². The van der Waals surface area contributed by atoms with Crippen molar-refractivity contribution >= 4 is 21.7 Å². The molecule has 1 unspecified atom stereocenters. The van der Waals surface area contributed by atoms with Crippen molar-refractivity contribution < 1.29 is 18.3 Å². The molecule has 128 valence electrons. The van der Waals surface area contributed by atoms with E-state index in [0.29, 0.717) is 0 Å². The molecule has 0 aliphatic carbocycles. The maximum absolute atomic E-state index is 12.3. The van der Waals surface area contributed by atoms with E-state index in [0.717, 1.165) is 5.56 Å². The van der Waals surface area contributed by atoms with Gasteiger partial charge in [-0.25, -0.2) is 0 Å². The van der Waals surface area contributed by atoms with Crippen molar-refractivity contribution in [2.24, 2.45) is 4.40 Å². The summed E-state index contributed by atoms with van der Waals surface area (Å²) in [5, 5.41) is 21.1. The van der Waals surface area contributed by atoms with Crippen LogP contribution in [0.15, 0.2) is 57.8 Å². The standard InChI is InChI=1S/C17H15N3O4S/c1-11-7-9-13(10-8-11)25(23,24)20-17(22)15-6-4-3-5-14(15)16(21)12(2)19-18/h3-10,12H,1-2H3. The number of sulfonamides is 1. The van der Waals surface area contributed by atoms with Crippen molar-refractivity contribution in [1.82, 2.24) is 0 Å². The highest BCUT2D eigenvalue weighted by Crippen LogP contribution is 2.17. The summed E-state index contributed by atoms with van der Waals surface area (Å²) in [4.78, 5) is 14.9. The van der Waals surface area contributed by atoms with Crippen LogP contribution in [0.1, 0.15) is 28.4 Å². The molecule has 0 aliphatic heterocycles. The molecule has 0 saturated heterocycles. The molecule has 8 heteroatoms. The quantitative estimate of drug-likeness (QED) is 0.351. The highest BCUT2D eigenvalue weighted by atomic mass is 32.2. The fraction of sp³-hybridized carbons (Fsp3) is 0.176. The first-order valence-corrected chi connectivity index (χ1v) is 8.76. The Hall–Kier alpha value is -3.05. The smallest absolute Gasteiger partial charge is 0.372 e. The number of diazo groups is 1. The van der Waals surface area contributed by atoms with Crippen LogP contribution in [0.3, 0.4) is 0 Å². The number of hydrogen-bond donors (Lipinski definition) is 0. The molecule has 0 aliphatic rings. The second-order valence-corrected chi connectivity index (χ2v) is 6.99. The molecular weight excluding hydrogens is 342 g/mol. The number of aryl methyl sites for hydroxylation is 1. The van der Waals surface area contributed by atoms with Crippen molar-refractivity contribution in [2.45, 2.75) is 24.8 Å². The molecule has 0 spiro atoms. The largest absolute Gasteiger partial charge is 0.858 e. The lowest BCUT2D eigenvalue weighted by Gasteiger charge is -2.14. The van der Waals surface area contributed by atoms with E-state index in [1.165, 1.54) is 43.3 Å². The van der Waals surface area contributed by atoms with Crippen molar-refractivity contribution in [3.63, 3.8) is 0 Å². The lowest BCUT2D eigenvalue weighted by Crippen LogP contribution is -2.25. The predicted octanol–water partition coefficient (Wildman–Crippen LogP) is 1.92. The number of rotatable bonds is 5. The van der Waals surface area contributed by atoms with E-state index >= 15 is 0 Å². The minimum Gasteiger partial charge on any atom is -0.858 e. The normalized spacial score (nSPS) is 13.1. The van der Waals surface area contributed by atoms with Crippen molar-refractivity contribution in [2.75, 3.05) is 0 Å². The van der Waals surface area contributed by atoms with E-state index in [1.807, 2.05) is 0 Å². The van der Waals surface area contributed by atoms with E-state index in [-0.39, 0.29) is 16.0 Å². The molecule has 2 aromatic rings. The van der Waals surface area contributed by atoms with Crippen LogP contribution in [0.25, 0.3) is 4.98 Å². The van der Waals surface area contributed by atoms with Gasteiger partial charge >= 0.3 is 6.04 Å². The summed E-state index contributed by atoms with van der Waals surface area (Å²) in [5.74, 6) is -1.68. The molecule has 0 saturated carbocycles. The van der Waals surface area contributed by atoms with Gasteiger partial charge in [0, 0.05) is 18.4 Å². The third kappa shape index (κ3) is 4.08. The first-order valence-electron chi connectivity index (χ1n) is 7.32. The first kappa shape index (κ1) is 18.3. The lowest BCUT2D eigenvalue weighted by atomic mass is 10.00. The lowest BCUT2D eigenvalue weighted by molar-refractivity contribution is -0.212. The zero-order valence-electron chi connectivity index (χ0n) is 13.6. The molecule has 2 aromatic carbocycles. The number of Topliss-reactive ketones (excluding diaryl/α,β-unsaturated/α-hetero) is 1. The van der Waals surface area contributed by atoms with Crippen molar-refractivity contribution in [3.8, 4) is 0 Å². The van der Waals surface area contributed by atoms with Gasteiger partial charge in [0.25, 0.3) is 15.8 Å². The Morgan fingerprint density at radius 1 is 1.12 bits per heavy atom. The highest BCUT2D eigenvalue weighted by molar-refractivity contribution is 7.90. The summed E-state index contributed by atoms with van der Waals surface area (Å²) in [6.45, 7) is 3.15. The molecule has 0 N–H and O–H groups in total. The molecule has 0 heterocycles. The first-order chi connectivity index (χ1) is 11.8. The third-order valence-corrected chi connectivity index (χ3v) is 4.77. The molecule has 0 amide bonds. The molecule has 0 fully saturated rings. The number of carbonyl (C=O) groups is 1. The Labute approximate surface area is 145 Å². The highest BCUT2D eigenvalue weighted by Gasteiger charge is 2.27. The van der Waals surface area contributed by atoms with Gasteiger partial charge in [0.05, 0.1) is 4.90 Å². The molecule has 2 rings (SSSR count). The predicted molar refractivity (Wildman–Crippen MR) is 90.2 cm³/mol. The third-order valence-electron chi connectivity index (χ3n) is 3.50. The van der Waals surface area contributed by atoms with E-state index in [9.17, 15) is 18.3 Å². The zero-order valence-corrected chi connectivity index (χ0v) is 14.4. The number of benzene rings is 2. The van der Waals surface area contributed by atoms with Gasteiger partial charge < -0.3 is 5.11 Å². The fourth-order valence-electron chi connectivity index (χ4n) is 2.08. The summed E-state index contributed by atoms with van der Waals surface area (Å²) in [6.07, 6.45) is 0. The molecule has 25 heavy (non-hydrogen) atoms. The fourth-order valence-corrected chi connectivity index (χ4v) is 2.99. The van der Waals surface area contributed by atoms with Gasteiger partial charge in [0.2, 0.25) is 5.39 Å². The van der Waals surface area contributed by atoms with Crippen LogP contribution in [-0.2, 0) is 10.0 Å². The molecule has 7 nitrogen and oxygen atoms in total. The van der Waals surface area contributed by atoms with Crippen LogP contribution >= 0.6 is 0 Å². The average molecular weight is 357 g/mol. The van der Waals surface area contributed by atoms with E-state index in [2.05, 4.69) is 9.37 Å². The van der Waals surface area contributed by atoms with Gasteiger partial charge in [-0.3, -0.25) is 4.79 Å². The average Bonchev–Trinajstić information content (AvgIpc) is 2.60. The van der Waals surface area contributed by atoms with Gasteiger partial charge in [0.15, 0.2) is 0 Å². The Morgan fingerprint density at radius 2 is 1.68 bits per heavy atom. The number of ketones is 1. The Balaban J connectivity index is 2.49. The van der Waals surface area contributed by atoms with Crippen LogP contribution < -0.4 is 5.11 Å². The van der Waals surface area contributed by atoms with Crippen molar-refractivity contribution in [3.05, 3.63) is 70.2 Å². The minimum absolute atomic E-state index is 0.0549. The molecule has 0 aromatic heterocycles. The summed E-state index contributed by atoms with van der Waals surface area (Å²) >= 11 is 0. The van der Waals surface area contributed by atoms with Gasteiger partial charge in [-0.2, -0.15) is 12.8 Å². The summed E-state index contributed by atoms with van der Waals surface area (Å²) in [7, 11) is -4.20. The van der Waals surface area contributed by atoms with Crippen LogP contribution in [0.4, 0.5) is 0 Å². The Kier molecular flexibility index (Phi) is 5.29.